The fourth-order valence-electron chi connectivity index (χ4n) is 1.02. The molecule has 1 radical (unpaired) electrons. The van der Waals surface area contributed by atoms with Crippen molar-refractivity contribution in [1.29, 1.82) is 0 Å². The van der Waals surface area contributed by atoms with Crippen LogP contribution in [-0.4, -0.2) is 37.6 Å². The van der Waals surface area contributed by atoms with Crippen LogP contribution in [-0.2, 0) is 17.1 Å². The first kappa shape index (κ1) is 31.1. The molecule has 2 rings (SSSR count). The van der Waals surface area contributed by atoms with Gasteiger partial charge >= 0.3 is 17.1 Å². The largest absolute Gasteiger partial charge is 2.00 e. The average Bonchev–Trinajstić information content (AvgIpc) is 2.58. The minimum atomic E-state index is -0.442. The summed E-state index contributed by atoms with van der Waals surface area (Å²) in [6, 6.07) is 6.57. The normalized spacial score (nSPS) is 6.77. The smallest absolute Gasteiger partial charge is 0.753 e. The van der Waals surface area contributed by atoms with Gasteiger partial charge in [-0.05, 0) is 24.3 Å². The van der Waals surface area contributed by atoms with Crippen LogP contribution in [0.3, 0.4) is 0 Å². The van der Waals surface area contributed by atoms with Crippen molar-refractivity contribution in [2.24, 2.45) is 11.5 Å². The molecule has 6 N–H and O–H groups in total. The Balaban J connectivity index is -0.000000136. The van der Waals surface area contributed by atoms with Gasteiger partial charge in [0.15, 0.2) is 0 Å². The zero-order chi connectivity index (χ0) is 18.8. The first-order valence-electron chi connectivity index (χ1n) is 5.86. The van der Waals surface area contributed by atoms with E-state index >= 15 is 0 Å². The number of hydrogen-bond donors (Lipinski definition) is 2. The molecule has 0 saturated carbocycles. The van der Waals surface area contributed by atoms with Crippen LogP contribution in [0.2, 0.25) is 0 Å². The van der Waals surface area contributed by atoms with Crippen molar-refractivity contribution in [2.45, 2.75) is 0 Å². The fraction of sp³-hybridized carbons (Fsp3) is 0. The second-order valence-corrected chi connectivity index (χ2v) is 3.76. The first-order valence-corrected chi connectivity index (χ1v) is 6.68. The summed E-state index contributed by atoms with van der Waals surface area (Å²) in [5.74, 6) is -0.883. The number of aromatic nitrogens is 2. The third kappa shape index (κ3) is 19.4. The number of isothiocyanates is 2. The van der Waals surface area contributed by atoms with Crippen LogP contribution >= 0.6 is 24.4 Å². The van der Waals surface area contributed by atoms with Crippen LogP contribution in [0.1, 0.15) is 20.7 Å². The van der Waals surface area contributed by atoms with E-state index in [2.05, 4.69) is 34.4 Å². The molecule has 0 spiro atoms. The Morgan fingerprint density at radius 1 is 0.885 bits per heavy atom. The first-order chi connectivity index (χ1) is 11.4. The number of amides is 2. The van der Waals surface area contributed by atoms with Gasteiger partial charge in [0.2, 0.25) is 11.8 Å². The minimum absolute atomic E-state index is 0. The molecule has 0 aliphatic rings. The van der Waals surface area contributed by atoms with Crippen molar-refractivity contribution >= 4 is 46.6 Å². The van der Waals surface area contributed by atoms with E-state index in [1.165, 1.54) is 22.7 Å². The summed E-state index contributed by atoms with van der Waals surface area (Å²) in [6.45, 7) is 0. The van der Waals surface area contributed by atoms with Crippen LogP contribution in [0.15, 0.2) is 49.1 Å². The number of carbonyl (C=O) groups is 2. The molecule has 2 amide bonds. The second-order valence-electron chi connectivity index (χ2n) is 3.39. The van der Waals surface area contributed by atoms with Crippen molar-refractivity contribution < 1.29 is 32.1 Å². The van der Waals surface area contributed by atoms with E-state index in [0.717, 1.165) is 0 Å². The van der Waals surface area contributed by atoms with E-state index in [-0.39, 0.29) is 22.5 Å². The van der Waals surface area contributed by atoms with Crippen molar-refractivity contribution in [3.8, 4) is 0 Å². The third-order valence-electron chi connectivity index (χ3n) is 1.89. The average molecular weight is 442 g/mol. The fourth-order valence-corrected chi connectivity index (χ4v) is 1.02. The molecule has 2 aromatic heterocycles. The molecule has 0 fully saturated rings. The van der Waals surface area contributed by atoms with Crippen LogP contribution in [0.4, 0.5) is 0 Å². The molecule has 12 heteroatoms. The van der Waals surface area contributed by atoms with Crippen molar-refractivity contribution in [1.82, 2.24) is 9.97 Å². The van der Waals surface area contributed by atoms with E-state index in [0.29, 0.717) is 11.1 Å². The number of primary amides is 2. The molecule has 26 heavy (non-hydrogen) atoms. The van der Waals surface area contributed by atoms with Gasteiger partial charge < -0.3 is 27.8 Å². The third-order valence-corrected chi connectivity index (χ3v) is 1.89. The van der Waals surface area contributed by atoms with Crippen LogP contribution < -0.4 is 11.5 Å². The van der Waals surface area contributed by atoms with Gasteiger partial charge in [-0.25, -0.2) is 0 Å². The number of nitrogens with zero attached hydrogens (tertiary/aromatic N) is 4. The predicted octanol–water partition coefficient (Wildman–Crippen LogP) is 0.851. The molecule has 0 unspecified atom stereocenters. The van der Waals surface area contributed by atoms with Crippen molar-refractivity contribution in [2.75, 3.05) is 0 Å². The zero-order valence-corrected chi connectivity index (χ0v) is 15.6. The van der Waals surface area contributed by atoms with E-state index in [9.17, 15) is 9.59 Å². The number of nitrogens with two attached hydrogens (primary N) is 2. The molecule has 0 atom stereocenters. The van der Waals surface area contributed by atoms with Crippen molar-refractivity contribution in [3.63, 3.8) is 0 Å². The Morgan fingerprint density at radius 2 is 1.15 bits per heavy atom. The topological polar surface area (TPSA) is 188 Å². The number of carbonyl (C=O) groups excluding carboxylic acids is 2. The molecular weight excluding hydrogens is 428 g/mol. The van der Waals surface area contributed by atoms with Gasteiger partial charge in [0.1, 0.15) is 0 Å². The molecule has 2 aromatic rings. The summed E-state index contributed by atoms with van der Waals surface area (Å²) in [7, 11) is 0. The Labute approximate surface area is 171 Å². The van der Waals surface area contributed by atoms with E-state index in [1.807, 2.05) is 0 Å². The molecule has 0 aliphatic heterocycles. The Kier molecular flexibility index (Phi) is 26.7. The van der Waals surface area contributed by atoms with E-state index in [1.54, 1.807) is 36.7 Å². The van der Waals surface area contributed by atoms with Gasteiger partial charge in [0, 0.05) is 24.8 Å². The zero-order valence-electron chi connectivity index (χ0n) is 13.0. The summed E-state index contributed by atoms with van der Waals surface area (Å²) in [5.41, 5.74) is 10.8. The molecule has 9 nitrogen and oxygen atoms in total. The number of pyridine rings is 2. The van der Waals surface area contributed by atoms with Crippen LogP contribution in [0.5, 0.6) is 0 Å². The standard InChI is InChI=1S/2C6H6N2O.2CNS.Cu.H2O/c2*7-6(9)5-2-1-3-8-4-5;2*2-1-3;;/h2*1-4H,(H2,7,9);;;;1H2/q;;2*-1;+2;. The van der Waals surface area contributed by atoms with E-state index in [4.69, 9.17) is 22.3 Å². The summed E-state index contributed by atoms with van der Waals surface area (Å²) >= 11 is 7.40. The van der Waals surface area contributed by atoms with Gasteiger partial charge in [-0.3, -0.25) is 19.6 Å². The van der Waals surface area contributed by atoms with Gasteiger partial charge in [-0.2, -0.15) is 10.3 Å². The van der Waals surface area contributed by atoms with Gasteiger partial charge in [0.25, 0.3) is 0 Å². The quantitative estimate of drug-likeness (QED) is 0.394. The molecular formula is C14H14CuN6O3S2. The molecule has 0 saturated heterocycles. The summed E-state index contributed by atoms with van der Waals surface area (Å²) in [4.78, 5) is 28.2. The maximum absolute atomic E-state index is 10.4. The van der Waals surface area contributed by atoms with Crippen LogP contribution in [0, 0.1) is 0 Å². The van der Waals surface area contributed by atoms with Crippen LogP contribution in [0.25, 0.3) is 10.8 Å². The van der Waals surface area contributed by atoms with Gasteiger partial charge in [0.05, 0.1) is 11.1 Å². The number of rotatable bonds is 2. The molecule has 0 aromatic carbocycles. The summed E-state index contributed by atoms with van der Waals surface area (Å²) in [6.07, 6.45) is 6.05. The van der Waals surface area contributed by atoms with E-state index < -0.39 is 11.8 Å². The molecule has 0 aliphatic carbocycles. The summed E-state index contributed by atoms with van der Waals surface area (Å²) in [5, 5.41) is 16.9. The second kappa shape index (κ2) is 22.3. The van der Waals surface area contributed by atoms with Gasteiger partial charge in [-0.15, -0.1) is 0 Å². The maximum Gasteiger partial charge on any atom is 2.00 e. The number of thiocarbonyl (C=S) groups is 2. The molecule has 0 bridgehead atoms. The van der Waals surface area contributed by atoms with Crippen molar-refractivity contribution in [3.05, 3.63) is 71.0 Å². The Hall–Kier alpha value is -2.68. The Bertz CT molecular complexity index is 631. The molecule has 2 heterocycles. The van der Waals surface area contributed by atoms with Gasteiger partial charge in [-0.1, -0.05) is 24.4 Å². The number of hydrogen-bond acceptors (Lipinski definition) is 6. The molecule has 141 valence electrons. The maximum atomic E-state index is 10.4. The predicted molar refractivity (Wildman–Crippen MR) is 101 cm³/mol. The minimum Gasteiger partial charge on any atom is -0.753 e. The SMILES string of the molecule is NC(=O)c1cccnc1.NC(=O)c1cccnc1.O.[Cu+2].[N-]=C=S.[N-]=C=S. The summed E-state index contributed by atoms with van der Waals surface area (Å²) < 4.78 is 0. The Morgan fingerprint density at radius 3 is 1.27 bits per heavy atom. The monoisotopic (exact) mass is 441 g/mol.